The van der Waals surface area contributed by atoms with Crippen molar-refractivity contribution in [2.24, 2.45) is 11.8 Å². The lowest BCUT2D eigenvalue weighted by Gasteiger charge is -2.63. The highest BCUT2D eigenvalue weighted by Gasteiger charge is 2.61. The summed E-state index contributed by atoms with van der Waals surface area (Å²) in [5, 5.41) is 70.2. The van der Waals surface area contributed by atoms with Crippen LogP contribution in [0.4, 0.5) is 4.79 Å². The van der Waals surface area contributed by atoms with E-state index in [0.717, 1.165) is 25.7 Å². The van der Waals surface area contributed by atoms with E-state index in [4.69, 9.17) is 14.6 Å². The number of carbonyl (C=O) groups excluding carboxylic acids is 1. The van der Waals surface area contributed by atoms with E-state index in [1.165, 1.54) is 9.80 Å². The minimum absolute atomic E-state index is 0.0539. The number of rotatable bonds is 16. The molecule has 14 heteroatoms. The van der Waals surface area contributed by atoms with Crippen molar-refractivity contribution in [3.8, 4) is 6.07 Å². The molecule has 1 saturated heterocycles. The summed E-state index contributed by atoms with van der Waals surface area (Å²) in [6.45, 7) is 0.726. The Bertz CT molecular complexity index is 965. The van der Waals surface area contributed by atoms with Crippen LogP contribution in [0.1, 0.15) is 51.4 Å². The molecular formula is C28H46N4O10. The van der Waals surface area contributed by atoms with Gasteiger partial charge in [0.05, 0.1) is 49.7 Å². The van der Waals surface area contributed by atoms with E-state index in [-0.39, 0.29) is 19.0 Å². The molecule has 4 aliphatic carbocycles. The van der Waals surface area contributed by atoms with Crippen molar-refractivity contribution in [1.29, 1.82) is 5.26 Å². The van der Waals surface area contributed by atoms with Crippen LogP contribution in [-0.2, 0) is 14.3 Å². The molecule has 0 aromatic rings. The number of nitriles is 1. The van der Waals surface area contributed by atoms with Crippen LogP contribution in [0.2, 0.25) is 0 Å². The summed E-state index contributed by atoms with van der Waals surface area (Å²) in [4.78, 5) is 28.5. The molecule has 0 radical (unpaired) electrons. The van der Waals surface area contributed by atoms with Gasteiger partial charge in [0.2, 0.25) is 5.91 Å². The molecule has 5 rings (SSSR count). The second kappa shape index (κ2) is 14.1. The van der Waals surface area contributed by atoms with Gasteiger partial charge >= 0.3 is 6.09 Å². The van der Waals surface area contributed by atoms with Crippen LogP contribution >= 0.6 is 0 Å². The second-order valence-electron chi connectivity index (χ2n) is 12.6. The maximum absolute atomic E-state index is 13.1. The van der Waals surface area contributed by atoms with Crippen molar-refractivity contribution in [2.45, 2.75) is 93.0 Å². The molecule has 5 fully saturated rings. The molecule has 5 aliphatic rings. The summed E-state index contributed by atoms with van der Waals surface area (Å²) in [5.41, 5.74) is -1.13. The van der Waals surface area contributed by atoms with E-state index in [1.54, 1.807) is 0 Å². The third-order valence-corrected chi connectivity index (χ3v) is 9.53. The number of aliphatic hydroxyl groups is 5. The molecule has 14 nitrogen and oxygen atoms in total. The lowest BCUT2D eigenvalue weighted by atomic mass is 9.50. The fraction of sp³-hybridized carbons (Fsp3) is 0.893. The quantitative estimate of drug-likeness (QED) is 0.102. The highest BCUT2D eigenvalue weighted by Crippen LogP contribution is 2.60. The first-order chi connectivity index (χ1) is 20.0. The van der Waals surface area contributed by atoms with Gasteiger partial charge in [-0.25, -0.2) is 4.79 Å². The molecule has 7 N–H and O–H groups in total. The maximum Gasteiger partial charge on any atom is 0.408 e. The molecule has 1 heterocycles. The van der Waals surface area contributed by atoms with Gasteiger partial charge in [-0.1, -0.05) is 0 Å². The molecule has 238 valence electrons. The van der Waals surface area contributed by atoms with Crippen LogP contribution in [0.15, 0.2) is 0 Å². The van der Waals surface area contributed by atoms with Gasteiger partial charge in [0.15, 0.2) is 0 Å². The standard InChI is InChI=1S/C28H46N4O10/c29-13-20-2-1-4-31(20)23(36)15-32(26(39)40)27-9-18-8-19(10-27)12-28(11-18,17-27)42-7-6-41-5-3-30-14-21(34)24(37)25(38)22(35)16-33/h18-22,24-25,30,33-35,37-38H,1-12,14-17H2,(H,39,40)/t18-,19?,20-,21-,22+,24+,25+,27?,28?/m0/s1. The van der Waals surface area contributed by atoms with E-state index in [1.807, 2.05) is 0 Å². The molecule has 42 heavy (non-hydrogen) atoms. The molecule has 4 bridgehead atoms. The molecule has 0 spiro atoms. The molecule has 4 saturated carbocycles. The van der Waals surface area contributed by atoms with E-state index >= 15 is 0 Å². The molecule has 9 atom stereocenters. The number of nitrogens with zero attached hydrogens (tertiary/aromatic N) is 3. The average molecular weight is 599 g/mol. The minimum atomic E-state index is -1.67. The monoisotopic (exact) mass is 598 g/mol. The number of aliphatic hydroxyl groups excluding tert-OH is 5. The van der Waals surface area contributed by atoms with Crippen molar-refractivity contribution in [3.63, 3.8) is 0 Å². The zero-order valence-corrected chi connectivity index (χ0v) is 24.0. The number of carbonyl (C=O) groups is 2. The van der Waals surface area contributed by atoms with Crippen LogP contribution < -0.4 is 5.32 Å². The van der Waals surface area contributed by atoms with Gasteiger partial charge < -0.3 is 50.3 Å². The van der Waals surface area contributed by atoms with E-state index in [2.05, 4.69) is 11.4 Å². The van der Waals surface area contributed by atoms with Crippen molar-refractivity contribution >= 4 is 12.0 Å². The Morgan fingerprint density at radius 2 is 1.74 bits per heavy atom. The Labute approximate surface area is 245 Å². The Morgan fingerprint density at radius 1 is 1.05 bits per heavy atom. The average Bonchev–Trinajstić information content (AvgIpc) is 3.44. The van der Waals surface area contributed by atoms with Gasteiger partial charge in [0.25, 0.3) is 0 Å². The number of carboxylic acid groups (broad SMARTS) is 1. The zero-order valence-electron chi connectivity index (χ0n) is 24.0. The zero-order chi connectivity index (χ0) is 30.5. The van der Waals surface area contributed by atoms with Gasteiger partial charge in [-0.05, 0) is 63.2 Å². The van der Waals surface area contributed by atoms with Gasteiger partial charge in [-0.2, -0.15) is 5.26 Å². The van der Waals surface area contributed by atoms with Crippen LogP contribution in [0.3, 0.4) is 0 Å². The summed E-state index contributed by atoms with van der Waals surface area (Å²) in [6, 6.07) is 1.66. The maximum atomic E-state index is 13.1. The first-order valence-electron chi connectivity index (χ1n) is 15.0. The predicted octanol–water partition coefficient (Wildman–Crippen LogP) is -1.37. The van der Waals surface area contributed by atoms with Crippen LogP contribution in [0.25, 0.3) is 0 Å². The molecule has 1 aliphatic heterocycles. The highest BCUT2D eigenvalue weighted by molar-refractivity contribution is 5.83. The van der Waals surface area contributed by atoms with Gasteiger partial charge in [0, 0.05) is 19.6 Å². The van der Waals surface area contributed by atoms with Crippen LogP contribution in [0, 0.1) is 23.2 Å². The topological polar surface area (TPSA) is 216 Å². The van der Waals surface area contributed by atoms with Crippen LogP contribution in [0.5, 0.6) is 0 Å². The third kappa shape index (κ3) is 7.34. The number of ether oxygens (including phenoxy) is 2. The van der Waals surface area contributed by atoms with Crippen molar-refractivity contribution in [1.82, 2.24) is 15.1 Å². The summed E-state index contributed by atoms with van der Waals surface area (Å²) < 4.78 is 12.1. The Morgan fingerprint density at radius 3 is 2.38 bits per heavy atom. The largest absolute Gasteiger partial charge is 0.465 e. The Hall–Kier alpha value is -2.09. The third-order valence-electron chi connectivity index (χ3n) is 9.53. The van der Waals surface area contributed by atoms with Crippen molar-refractivity contribution in [3.05, 3.63) is 0 Å². The van der Waals surface area contributed by atoms with E-state index < -0.39 is 54.3 Å². The molecule has 3 unspecified atom stereocenters. The first-order valence-corrected chi connectivity index (χ1v) is 15.0. The molecule has 0 aromatic heterocycles. The SMILES string of the molecule is N#C[C@@H]1CCCN1C(=O)CN(C(=O)O)C12CC3C[C@H](CC(OCCOCCNC[C@H](O)[C@@H](O)[C@H](O)[C@H](O)CO)(C3)C1)C2. The van der Waals surface area contributed by atoms with Gasteiger partial charge in [0.1, 0.15) is 30.9 Å². The molecular weight excluding hydrogens is 552 g/mol. The van der Waals surface area contributed by atoms with Gasteiger partial charge in [-0.3, -0.25) is 9.69 Å². The number of amides is 2. The lowest BCUT2D eigenvalue weighted by Crippen LogP contribution is -2.68. The van der Waals surface area contributed by atoms with Crippen molar-refractivity contribution in [2.75, 3.05) is 52.6 Å². The second-order valence-corrected chi connectivity index (χ2v) is 12.6. The van der Waals surface area contributed by atoms with E-state index in [0.29, 0.717) is 70.4 Å². The first kappa shape index (κ1) is 32.8. The highest BCUT2D eigenvalue weighted by atomic mass is 16.5. The van der Waals surface area contributed by atoms with E-state index in [9.17, 15) is 40.4 Å². The number of hydrogen-bond acceptors (Lipinski definition) is 11. The smallest absolute Gasteiger partial charge is 0.408 e. The number of likely N-dealkylation sites (tertiary alicyclic amines) is 1. The Balaban J connectivity index is 1.23. The number of hydrogen-bond donors (Lipinski definition) is 7. The fourth-order valence-electron chi connectivity index (χ4n) is 7.98. The summed E-state index contributed by atoms with van der Waals surface area (Å²) >= 11 is 0. The van der Waals surface area contributed by atoms with Crippen LogP contribution in [-0.4, -0.2) is 147 Å². The fourth-order valence-corrected chi connectivity index (χ4v) is 7.98. The lowest BCUT2D eigenvalue weighted by molar-refractivity contribution is -0.200. The summed E-state index contributed by atoms with van der Waals surface area (Å²) in [6.07, 6.45) is -1.23. The minimum Gasteiger partial charge on any atom is -0.465 e. The molecule has 2 amide bonds. The normalized spacial score (nSPS) is 32.8. The molecule has 0 aromatic carbocycles. The summed E-state index contributed by atoms with van der Waals surface area (Å²) in [5.74, 6) is 0.339. The van der Waals surface area contributed by atoms with Crippen molar-refractivity contribution < 1.29 is 49.7 Å². The predicted molar refractivity (Wildman–Crippen MR) is 146 cm³/mol. The van der Waals surface area contributed by atoms with Gasteiger partial charge in [-0.15, -0.1) is 0 Å². The summed E-state index contributed by atoms with van der Waals surface area (Å²) in [7, 11) is 0. The Kier molecular flexibility index (Phi) is 11.0. The number of nitrogens with one attached hydrogen (secondary N) is 1.